The number of esters is 1. The second-order valence-electron chi connectivity index (χ2n) is 6.82. The number of aryl methyl sites for hydroxylation is 2. The van der Waals surface area contributed by atoms with Gasteiger partial charge in [-0.05, 0) is 38.0 Å². The van der Waals surface area contributed by atoms with Gasteiger partial charge in [0.05, 0.1) is 12.0 Å². The maximum Gasteiger partial charge on any atom is 0.344 e. The van der Waals surface area contributed by atoms with E-state index in [-0.39, 0.29) is 17.8 Å². The van der Waals surface area contributed by atoms with Crippen molar-refractivity contribution >= 4 is 16.9 Å². The third kappa shape index (κ3) is 4.42. The maximum absolute atomic E-state index is 13.0. The molecule has 5 heteroatoms. The number of ether oxygens (including phenoxy) is 2. The molecule has 0 aliphatic heterocycles. The normalized spacial score (nSPS) is 10.8. The lowest BCUT2D eigenvalue weighted by Crippen LogP contribution is -2.19. The van der Waals surface area contributed by atoms with Gasteiger partial charge in [0.1, 0.15) is 5.58 Å². The van der Waals surface area contributed by atoms with E-state index >= 15 is 0 Å². The third-order valence-corrected chi connectivity index (χ3v) is 4.42. The molecule has 2 aromatic carbocycles. The first-order chi connectivity index (χ1) is 13.5. The quantitative estimate of drug-likeness (QED) is 0.435. The van der Waals surface area contributed by atoms with E-state index in [9.17, 15) is 9.59 Å². The van der Waals surface area contributed by atoms with Gasteiger partial charge in [0, 0.05) is 5.56 Å². The van der Waals surface area contributed by atoms with Crippen molar-refractivity contribution in [2.24, 2.45) is 0 Å². The molecule has 28 heavy (non-hydrogen) atoms. The van der Waals surface area contributed by atoms with E-state index in [0.717, 1.165) is 24.0 Å². The summed E-state index contributed by atoms with van der Waals surface area (Å²) in [6.07, 6.45) is 1.72. The summed E-state index contributed by atoms with van der Waals surface area (Å²) in [5, 5.41) is 0.413. The van der Waals surface area contributed by atoms with Gasteiger partial charge in [0.15, 0.2) is 12.4 Å². The average molecular weight is 380 g/mol. The molecule has 0 aliphatic carbocycles. The summed E-state index contributed by atoms with van der Waals surface area (Å²) in [7, 11) is 0. The van der Waals surface area contributed by atoms with Crippen LogP contribution >= 0.6 is 0 Å². The molecule has 0 radical (unpaired) electrons. The standard InChI is InChI=1S/C23H24O5/c1-4-5-12-26-20(24)14-27-23-21(25)18-11-8-16(3)13-19(18)28-22(23)17-9-6-15(2)7-10-17/h6-11,13H,4-5,12,14H2,1-3H3. The first kappa shape index (κ1) is 19.7. The third-order valence-electron chi connectivity index (χ3n) is 4.42. The summed E-state index contributed by atoms with van der Waals surface area (Å²) in [5.41, 5.74) is 2.96. The Morgan fingerprint density at radius 3 is 2.46 bits per heavy atom. The molecule has 0 spiro atoms. The Morgan fingerprint density at radius 1 is 1.04 bits per heavy atom. The zero-order chi connectivity index (χ0) is 20.1. The molecular formula is C23H24O5. The van der Waals surface area contributed by atoms with Crippen LogP contribution in [0.5, 0.6) is 5.75 Å². The summed E-state index contributed by atoms with van der Waals surface area (Å²) in [6.45, 7) is 5.93. The summed E-state index contributed by atoms with van der Waals surface area (Å²) in [4.78, 5) is 25.0. The monoisotopic (exact) mass is 380 g/mol. The van der Waals surface area contributed by atoms with Crippen LogP contribution in [-0.4, -0.2) is 19.2 Å². The highest BCUT2D eigenvalue weighted by Crippen LogP contribution is 2.31. The van der Waals surface area contributed by atoms with Crippen LogP contribution in [0.25, 0.3) is 22.3 Å². The van der Waals surface area contributed by atoms with Gasteiger partial charge in [0.2, 0.25) is 11.2 Å². The van der Waals surface area contributed by atoms with E-state index in [2.05, 4.69) is 0 Å². The van der Waals surface area contributed by atoms with Crippen molar-refractivity contribution in [2.45, 2.75) is 33.6 Å². The van der Waals surface area contributed by atoms with Gasteiger partial charge >= 0.3 is 5.97 Å². The number of carbonyl (C=O) groups is 1. The molecule has 0 amide bonds. The van der Waals surface area contributed by atoms with Gasteiger partial charge in [-0.25, -0.2) is 4.79 Å². The Labute approximate surface area is 163 Å². The Balaban J connectivity index is 2.00. The van der Waals surface area contributed by atoms with E-state index in [4.69, 9.17) is 13.9 Å². The number of fused-ring (bicyclic) bond motifs is 1. The Hall–Kier alpha value is -3.08. The Kier molecular flexibility index (Phi) is 6.14. The minimum Gasteiger partial charge on any atom is -0.474 e. The van der Waals surface area contributed by atoms with Crippen molar-refractivity contribution in [3.8, 4) is 17.1 Å². The lowest BCUT2D eigenvalue weighted by molar-refractivity contribution is -0.146. The molecule has 0 N–H and O–H groups in total. The van der Waals surface area contributed by atoms with Crippen molar-refractivity contribution < 1.29 is 18.7 Å². The molecule has 0 saturated carbocycles. The molecule has 0 fully saturated rings. The molecule has 0 atom stereocenters. The topological polar surface area (TPSA) is 65.7 Å². The molecule has 3 aromatic rings. The second-order valence-corrected chi connectivity index (χ2v) is 6.82. The number of benzene rings is 2. The number of hydrogen-bond donors (Lipinski definition) is 0. The van der Waals surface area contributed by atoms with E-state index in [1.54, 1.807) is 6.07 Å². The molecule has 1 aromatic heterocycles. The zero-order valence-electron chi connectivity index (χ0n) is 16.4. The average Bonchev–Trinajstić information content (AvgIpc) is 2.67. The minimum absolute atomic E-state index is 0.0210. The molecule has 0 bridgehead atoms. The van der Waals surface area contributed by atoms with Crippen molar-refractivity contribution in [3.05, 3.63) is 63.8 Å². The highest BCUT2D eigenvalue weighted by molar-refractivity contribution is 5.83. The maximum atomic E-state index is 13.0. The van der Waals surface area contributed by atoms with Crippen molar-refractivity contribution in [1.82, 2.24) is 0 Å². The van der Waals surface area contributed by atoms with Crippen LogP contribution in [0.2, 0.25) is 0 Å². The van der Waals surface area contributed by atoms with Crippen LogP contribution in [0.15, 0.2) is 51.7 Å². The predicted molar refractivity (Wildman–Crippen MR) is 109 cm³/mol. The van der Waals surface area contributed by atoms with Gasteiger partial charge in [-0.15, -0.1) is 0 Å². The van der Waals surface area contributed by atoms with Crippen LogP contribution in [0, 0.1) is 13.8 Å². The highest BCUT2D eigenvalue weighted by atomic mass is 16.6. The number of rotatable bonds is 7. The number of unbranched alkanes of at least 4 members (excludes halogenated alkanes) is 1. The van der Waals surface area contributed by atoms with Crippen LogP contribution in [0.3, 0.4) is 0 Å². The first-order valence-electron chi connectivity index (χ1n) is 9.42. The van der Waals surface area contributed by atoms with Gasteiger partial charge in [-0.2, -0.15) is 0 Å². The van der Waals surface area contributed by atoms with Crippen LogP contribution in [-0.2, 0) is 9.53 Å². The summed E-state index contributed by atoms with van der Waals surface area (Å²) in [6, 6.07) is 13.0. The Bertz CT molecular complexity index is 1030. The molecule has 146 valence electrons. The van der Waals surface area contributed by atoms with Crippen molar-refractivity contribution in [3.63, 3.8) is 0 Å². The molecule has 5 nitrogen and oxygen atoms in total. The number of carbonyl (C=O) groups excluding carboxylic acids is 1. The fourth-order valence-corrected chi connectivity index (χ4v) is 2.81. The molecule has 0 aliphatic rings. The van der Waals surface area contributed by atoms with Gasteiger partial charge < -0.3 is 13.9 Å². The minimum atomic E-state index is -0.508. The van der Waals surface area contributed by atoms with Crippen molar-refractivity contribution in [1.29, 1.82) is 0 Å². The lowest BCUT2D eigenvalue weighted by atomic mass is 10.1. The predicted octanol–water partition coefficient (Wildman–Crippen LogP) is 4.80. The van der Waals surface area contributed by atoms with Crippen LogP contribution < -0.4 is 10.2 Å². The zero-order valence-corrected chi connectivity index (χ0v) is 16.4. The fraction of sp³-hybridized carbons (Fsp3) is 0.304. The number of hydrogen-bond acceptors (Lipinski definition) is 5. The molecule has 0 unspecified atom stereocenters. The van der Waals surface area contributed by atoms with Crippen LogP contribution in [0.4, 0.5) is 0 Å². The smallest absolute Gasteiger partial charge is 0.344 e. The van der Waals surface area contributed by atoms with E-state index in [1.165, 1.54) is 0 Å². The molecule has 3 rings (SSSR count). The molecular weight excluding hydrogens is 356 g/mol. The summed E-state index contributed by atoms with van der Waals surface area (Å²) in [5.74, 6) is -0.177. The van der Waals surface area contributed by atoms with Crippen LogP contribution in [0.1, 0.15) is 30.9 Å². The SMILES string of the molecule is CCCCOC(=O)COc1c(-c2ccc(C)cc2)oc2cc(C)ccc2c1=O. The van der Waals surface area contributed by atoms with Gasteiger partial charge in [0.25, 0.3) is 0 Å². The van der Waals surface area contributed by atoms with Gasteiger partial charge in [-0.1, -0.05) is 49.2 Å². The van der Waals surface area contributed by atoms with E-state index in [1.807, 2.05) is 57.2 Å². The summed E-state index contributed by atoms with van der Waals surface area (Å²) >= 11 is 0. The molecule has 0 saturated heterocycles. The fourth-order valence-electron chi connectivity index (χ4n) is 2.81. The van der Waals surface area contributed by atoms with E-state index < -0.39 is 5.97 Å². The molecule has 1 heterocycles. The Morgan fingerprint density at radius 2 is 1.75 bits per heavy atom. The second kappa shape index (κ2) is 8.74. The lowest BCUT2D eigenvalue weighted by Gasteiger charge is -2.12. The highest BCUT2D eigenvalue weighted by Gasteiger charge is 2.19. The first-order valence-corrected chi connectivity index (χ1v) is 9.42. The summed E-state index contributed by atoms with van der Waals surface area (Å²) < 4.78 is 16.7. The van der Waals surface area contributed by atoms with Crippen molar-refractivity contribution in [2.75, 3.05) is 13.2 Å². The van der Waals surface area contributed by atoms with E-state index in [0.29, 0.717) is 28.9 Å². The largest absolute Gasteiger partial charge is 0.474 e. The van der Waals surface area contributed by atoms with Gasteiger partial charge in [-0.3, -0.25) is 4.79 Å².